The first-order valence-electron chi connectivity index (χ1n) is 6.99. The first-order chi connectivity index (χ1) is 10.3. The van der Waals surface area contributed by atoms with Crippen molar-refractivity contribution in [3.05, 3.63) is 66.0 Å². The van der Waals surface area contributed by atoms with Crippen molar-refractivity contribution in [3.63, 3.8) is 0 Å². The summed E-state index contributed by atoms with van der Waals surface area (Å²) in [5.41, 5.74) is 3.19. The molecule has 0 amide bonds. The highest BCUT2D eigenvalue weighted by Gasteiger charge is 2.08. The Kier molecular flexibility index (Phi) is 3.73. The van der Waals surface area contributed by atoms with Gasteiger partial charge >= 0.3 is 0 Å². The SMILES string of the molecule is COc1ccc2ccccc2c1CNc1ccc(C)nc1. The van der Waals surface area contributed by atoms with Crippen LogP contribution in [0.3, 0.4) is 0 Å². The maximum Gasteiger partial charge on any atom is 0.124 e. The largest absolute Gasteiger partial charge is 0.496 e. The van der Waals surface area contributed by atoms with Crippen molar-refractivity contribution >= 4 is 16.5 Å². The summed E-state index contributed by atoms with van der Waals surface area (Å²) in [6, 6.07) is 16.5. The molecule has 106 valence electrons. The van der Waals surface area contributed by atoms with Gasteiger partial charge in [0.25, 0.3) is 0 Å². The van der Waals surface area contributed by atoms with Gasteiger partial charge in [-0.1, -0.05) is 30.3 Å². The molecule has 21 heavy (non-hydrogen) atoms. The Morgan fingerprint density at radius 2 is 1.90 bits per heavy atom. The number of hydrogen-bond donors (Lipinski definition) is 1. The van der Waals surface area contributed by atoms with Crippen LogP contribution in [0.25, 0.3) is 10.8 Å². The molecule has 1 aromatic heterocycles. The molecule has 1 heterocycles. The van der Waals surface area contributed by atoms with Crippen molar-refractivity contribution < 1.29 is 4.74 Å². The number of rotatable bonds is 4. The summed E-state index contributed by atoms with van der Waals surface area (Å²) >= 11 is 0. The first-order valence-corrected chi connectivity index (χ1v) is 6.99. The summed E-state index contributed by atoms with van der Waals surface area (Å²) in [6.45, 7) is 2.69. The van der Waals surface area contributed by atoms with Crippen molar-refractivity contribution in [2.45, 2.75) is 13.5 Å². The zero-order valence-electron chi connectivity index (χ0n) is 12.3. The molecule has 3 nitrogen and oxygen atoms in total. The third-order valence-electron chi connectivity index (χ3n) is 3.60. The van der Waals surface area contributed by atoms with Gasteiger partial charge in [-0.2, -0.15) is 0 Å². The molecule has 0 spiro atoms. The van der Waals surface area contributed by atoms with Crippen LogP contribution in [-0.2, 0) is 6.54 Å². The predicted molar refractivity (Wildman–Crippen MR) is 86.8 cm³/mol. The number of aromatic nitrogens is 1. The Morgan fingerprint density at radius 3 is 2.67 bits per heavy atom. The van der Waals surface area contributed by atoms with E-state index in [0.717, 1.165) is 22.7 Å². The van der Waals surface area contributed by atoms with Gasteiger partial charge in [-0.05, 0) is 35.9 Å². The zero-order valence-corrected chi connectivity index (χ0v) is 12.3. The molecular formula is C18H18N2O. The van der Waals surface area contributed by atoms with Gasteiger partial charge < -0.3 is 10.1 Å². The second-order valence-corrected chi connectivity index (χ2v) is 5.01. The number of ether oxygens (including phenoxy) is 1. The molecule has 0 saturated carbocycles. The highest BCUT2D eigenvalue weighted by molar-refractivity contribution is 5.88. The van der Waals surface area contributed by atoms with Crippen molar-refractivity contribution in [1.82, 2.24) is 4.98 Å². The van der Waals surface area contributed by atoms with E-state index in [1.807, 2.05) is 31.3 Å². The van der Waals surface area contributed by atoms with Crippen molar-refractivity contribution in [2.75, 3.05) is 12.4 Å². The van der Waals surface area contributed by atoms with Crippen molar-refractivity contribution in [1.29, 1.82) is 0 Å². The van der Waals surface area contributed by atoms with E-state index in [0.29, 0.717) is 6.54 Å². The number of pyridine rings is 1. The maximum atomic E-state index is 5.51. The molecule has 0 aliphatic heterocycles. The van der Waals surface area contributed by atoms with Crippen LogP contribution < -0.4 is 10.1 Å². The molecule has 0 unspecified atom stereocenters. The van der Waals surface area contributed by atoms with E-state index in [2.05, 4.69) is 40.6 Å². The van der Waals surface area contributed by atoms with E-state index in [1.165, 1.54) is 10.8 Å². The van der Waals surface area contributed by atoms with Gasteiger partial charge in [0.1, 0.15) is 5.75 Å². The van der Waals surface area contributed by atoms with E-state index in [1.54, 1.807) is 7.11 Å². The monoisotopic (exact) mass is 278 g/mol. The van der Waals surface area contributed by atoms with Crippen LogP contribution in [0.15, 0.2) is 54.7 Å². The average molecular weight is 278 g/mol. The summed E-state index contributed by atoms with van der Waals surface area (Å²) in [5, 5.41) is 5.84. The topological polar surface area (TPSA) is 34.1 Å². The van der Waals surface area contributed by atoms with Crippen LogP contribution in [0.5, 0.6) is 5.75 Å². The van der Waals surface area contributed by atoms with E-state index in [-0.39, 0.29) is 0 Å². The fraction of sp³-hybridized carbons (Fsp3) is 0.167. The lowest BCUT2D eigenvalue weighted by Gasteiger charge is -2.13. The number of nitrogens with zero attached hydrogens (tertiary/aromatic N) is 1. The van der Waals surface area contributed by atoms with E-state index >= 15 is 0 Å². The van der Waals surface area contributed by atoms with Crippen LogP contribution in [0.4, 0.5) is 5.69 Å². The fourth-order valence-electron chi connectivity index (χ4n) is 2.45. The fourth-order valence-corrected chi connectivity index (χ4v) is 2.45. The van der Waals surface area contributed by atoms with Crippen LogP contribution in [0.2, 0.25) is 0 Å². The molecule has 0 saturated heterocycles. The van der Waals surface area contributed by atoms with Crippen molar-refractivity contribution in [3.8, 4) is 5.75 Å². The summed E-state index contributed by atoms with van der Waals surface area (Å²) in [5.74, 6) is 0.904. The zero-order chi connectivity index (χ0) is 14.7. The minimum atomic E-state index is 0.704. The molecule has 0 aliphatic carbocycles. The van der Waals surface area contributed by atoms with Crippen LogP contribution in [0.1, 0.15) is 11.3 Å². The van der Waals surface area contributed by atoms with Crippen LogP contribution >= 0.6 is 0 Å². The Bertz CT molecular complexity index is 751. The molecule has 0 radical (unpaired) electrons. The second kappa shape index (κ2) is 5.83. The molecule has 1 N–H and O–H groups in total. The molecule has 2 aromatic carbocycles. The Morgan fingerprint density at radius 1 is 1.05 bits per heavy atom. The highest BCUT2D eigenvalue weighted by atomic mass is 16.5. The lowest BCUT2D eigenvalue weighted by Crippen LogP contribution is -2.03. The van der Waals surface area contributed by atoms with E-state index in [9.17, 15) is 0 Å². The van der Waals surface area contributed by atoms with Gasteiger partial charge in [-0.3, -0.25) is 4.98 Å². The summed E-state index contributed by atoms with van der Waals surface area (Å²) in [6.07, 6.45) is 1.85. The molecule has 0 fully saturated rings. The number of nitrogens with one attached hydrogen (secondary N) is 1. The normalized spacial score (nSPS) is 10.6. The molecule has 3 rings (SSSR count). The summed E-state index contributed by atoms with van der Waals surface area (Å²) < 4.78 is 5.51. The van der Waals surface area contributed by atoms with Gasteiger partial charge in [-0.15, -0.1) is 0 Å². The number of benzene rings is 2. The van der Waals surface area contributed by atoms with E-state index in [4.69, 9.17) is 4.74 Å². The Hall–Kier alpha value is -2.55. The van der Waals surface area contributed by atoms with Gasteiger partial charge in [0.05, 0.1) is 19.0 Å². The third kappa shape index (κ3) is 2.82. The number of anilines is 1. The standard InChI is InChI=1S/C18H18N2O/c1-13-7-9-15(11-19-13)20-12-17-16-6-4-3-5-14(16)8-10-18(17)21-2/h3-11,20H,12H2,1-2H3. The smallest absolute Gasteiger partial charge is 0.124 e. The average Bonchev–Trinajstić information content (AvgIpc) is 2.54. The molecular weight excluding hydrogens is 260 g/mol. The summed E-state index contributed by atoms with van der Waals surface area (Å²) in [4.78, 5) is 4.30. The molecule has 0 bridgehead atoms. The highest BCUT2D eigenvalue weighted by Crippen LogP contribution is 2.28. The molecule has 0 aliphatic rings. The number of methoxy groups -OCH3 is 1. The Balaban J connectivity index is 1.93. The number of aryl methyl sites for hydroxylation is 1. The quantitative estimate of drug-likeness (QED) is 0.778. The van der Waals surface area contributed by atoms with Crippen LogP contribution in [0, 0.1) is 6.92 Å². The van der Waals surface area contributed by atoms with Crippen LogP contribution in [-0.4, -0.2) is 12.1 Å². The lowest BCUT2D eigenvalue weighted by atomic mass is 10.0. The lowest BCUT2D eigenvalue weighted by molar-refractivity contribution is 0.411. The van der Waals surface area contributed by atoms with Gasteiger partial charge in [0.15, 0.2) is 0 Å². The first kappa shape index (κ1) is 13.4. The van der Waals surface area contributed by atoms with Gasteiger partial charge in [-0.25, -0.2) is 0 Å². The molecule has 0 atom stereocenters. The third-order valence-corrected chi connectivity index (χ3v) is 3.60. The predicted octanol–water partition coefficient (Wildman–Crippen LogP) is 4.16. The molecule has 3 heteroatoms. The second-order valence-electron chi connectivity index (χ2n) is 5.01. The van der Waals surface area contributed by atoms with E-state index < -0.39 is 0 Å². The Labute approximate surface area is 124 Å². The van der Waals surface area contributed by atoms with Crippen molar-refractivity contribution in [2.24, 2.45) is 0 Å². The number of fused-ring (bicyclic) bond motifs is 1. The van der Waals surface area contributed by atoms with Gasteiger partial charge in [0.2, 0.25) is 0 Å². The minimum Gasteiger partial charge on any atom is -0.496 e. The summed E-state index contributed by atoms with van der Waals surface area (Å²) in [7, 11) is 1.71. The maximum absolute atomic E-state index is 5.51. The minimum absolute atomic E-state index is 0.704. The number of hydrogen-bond acceptors (Lipinski definition) is 3. The van der Waals surface area contributed by atoms with Gasteiger partial charge in [0, 0.05) is 17.8 Å². The molecule has 3 aromatic rings.